The lowest BCUT2D eigenvalue weighted by Crippen LogP contribution is -2.13. The number of hydrogen-bond acceptors (Lipinski definition) is 4. The number of nitrogens with zero attached hydrogens (tertiary/aromatic N) is 1. The number of aryl methyl sites for hydroxylation is 1. The molecule has 0 unspecified atom stereocenters. The molecule has 2 N–H and O–H groups in total. The molecule has 3 rings (SSSR count). The van der Waals surface area contributed by atoms with Crippen molar-refractivity contribution in [1.29, 1.82) is 0 Å². The summed E-state index contributed by atoms with van der Waals surface area (Å²) in [5, 5.41) is 12.5. The zero-order valence-electron chi connectivity index (χ0n) is 11.1. The third-order valence-electron chi connectivity index (χ3n) is 3.04. The standard InChI is InChI=1S/C15H11FN2O2S/c1-8-2-5-13-10(6-8)14(18-21-13)15(20)17-12-7-9(19)3-4-11(12)16/h2-7,19H,1H3,(H,17,20). The molecule has 0 spiro atoms. The quantitative estimate of drug-likeness (QED) is 0.758. The third-order valence-corrected chi connectivity index (χ3v) is 3.87. The van der Waals surface area contributed by atoms with E-state index in [0.29, 0.717) is 0 Å². The Kier molecular flexibility index (Phi) is 3.31. The fourth-order valence-corrected chi connectivity index (χ4v) is 2.76. The van der Waals surface area contributed by atoms with Gasteiger partial charge in [0.1, 0.15) is 17.3 Å². The number of amides is 1. The molecule has 0 fully saturated rings. The highest BCUT2D eigenvalue weighted by Crippen LogP contribution is 2.26. The molecule has 1 heterocycles. The fourth-order valence-electron chi connectivity index (χ4n) is 2.01. The van der Waals surface area contributed by atoms with E-state index in [4.69, 9.17) is 0 Å². The van der Waals surface area contributed by atoms with Gasteiger partial charge in [0.05, 0.1) is 10.4 Å². The Hall–Kier alpha value is -2.47. The number of phenols is 1. The number of carbonyl (C=O) groups is 1. The summed E-state index contributed by atoms with van der Waals surface area (Å²) in [6.07, 6.45) is 0. The molecular formula is C15H11FN2O2S. The zero-order chi connectivity index (χ0) is 15.0. The molecule has 0 aliphatic rings. The van der Waals surface area contributed by atoms with E-state index in [0.717, 1.165) is 27.8 Å². The molecule has 0 aliphatic heterocycles. The smallest absolute Gasteiger partial charge is 0.276 e. The van der Waals surface area contributed by atoms with Crippen LogP contribution in [0.5, 0.6) is 5.75 Å². The highest BCUT2D eigenvalue weighted by Gasteiger charge is 2.16. The summed E-state index contributed by atoms with van der Waals surface area (Å²) in [5.41, 5.74) is 1.19. The van der Waals surface area contributed by atoms with Crippen LogP contribution in [-0.4, -0.2) is 15.4 Å². The summed E-state index contributed by atoms with van der Waals surface area (Å²) in [4.78, 5) is 12.2. The molecule has 0 saturated carbocycles. The van der Waals surface area contributed by atoms with Gasteiger partial charge in [0.2, 0.25) is 0 Å². The molecule has 0 bridgehead atoms. The van der Waals surface area contributed by atoms with E-state index >= 15 is 0 Å². The molecule has 0 aliphatic carbocycles. The van der Waals surface area contributed by atoms with E-state index < -0.39 is 11.7 Å². The van der Waals surface area contributed by atoms with E-state index in [2.05, 4.69) is 9.69 Å². The van der Waals surface area contributed by atoms with Crippen molar-refractivity contribution in [1.82, 2.24) is 4.37 Å². The minimum atomic E-state index is -0.614. The van der Waals surface area contributed by atoms with Crippen LogP contribution in [0.2, 0.25) is 0 Å². The highest BCUT2D eigenvalue weighted by atomic mass is 32.1. The number of benzene rings is 2. The van der Waals surface area contributed by atoms with Crippen LogP contribution < -0.4 is 5.32 Å². The first kappa shape index (κ1) is 13.5. The Morgan fingerprint density at radius 3 is 2.90 bits per heavy atom. The fraction of sp³-hybridized carbons (Fsp3) is 0.0667. The largest absolute Gasteiger partial charge is 0.508 e. The first-order valence-corrected chi connectivity index (χ1v) is 6.98. The average molecular weight is 302 g/mol. The number of nitrogens with one attached hydrogen (secondary N) is 1. The molecule has 106 valence electrons. The van der Waals surface area contributed by atoms with Crippen molar-refractivity contribution in [3.63, 3.8) is 0 Å². The second-order valence-electron chi connectivity index (χ2n) is 4.65. The summed E-state index contributed by atoms with van der Waals surface area (Å²) >= 11 is 1.21. The van der Waals surface area contributed by atoms with Gasteiger partial charge in [0.15, 0.2) is 0 Å². The molecule has 6 heteroatoms. The van der Waals surface area contributed by atoms with Crippen molar-refractivity contribution in [3.05, 3.63) is 53.5 Å². The maximum Gasteiger partial charge on any atom is 0.276 e. The van der Waals surface area contributed by atoms with Crippen LogP contribution >= 0.6 is 11.5 Å². The Bertz CT molecular complexity index is 845. The van der Waals surface area contributed by atoms with Crippen molar-refractivity contribution < 1.29 is 14.3 Å². The van der Waals surface area contributed by atoms with Gasteiger partial charge in [0, 0.05) is 11.5 Å². The SMILES string of the molecule is Cc1ccc2snc(C(=O)Nc3cc(O)ccc3F)c2c1. The van der Waals surface area contributed by atoms with Gasteiger partial charge >= 0.3 is 0 Å². The topological polar surface area (TPSA) is 62.2 Å². The molecule has 21 heavy (non-hydrogen) atoms. The second kappa shape index (κ2) is 5.14. The Morgan fingerprint density at radius 1 is 1.29 bits per heavy atom. The molecule has 3 aromatic rings. The highest BCUT2D eigenvalue weighted by molar-refractivity contribution is 7.13. The van der Waals surface area contributed by atoms with E-state index in [9.17, 15) is 14.3 Å². The van der Waals surface area contributed by atoms with E-state index in [1.807, 2.05) is 25.1 Å². The lowest BCUT2D eigenvalue weighted by atomic mass is 10.1. The van der Waals surface area contributed by atoms with Gasteiger partial charge in [0.25, 0.3) is 5.91 Å². The maximum absolute atomic E-state index is 13.6. The van der Waals surface area contributed by atoms with Gasteiger partial charge in [-0.2, -0.15) is 4.37 Å². The van der Waals surface area contributed by atoms with Gasteiger partial charge in [-0.15, -0.1) is 0 Å². The van der Waals surface area contributed by atoms with Gasteiger partial charge in [-0.3, -0.25) is 4.79 Å². The number of fused-ring (bicyclic) bond motifs is 1. The lowest BCUT2D eigenvalue weighted by molar-refractivity contribution is 0.102. The molecule has 0 atom stereocenters. The first-order valence-electron chi connectivity index (χ1n) is 6.20. The van der Waals surface area contributed by atoms with Gasteiger partial charge in [-0.1, -0.05) is 11.6 Å². The summed E-state index contributed by atoms with van der Waals surface area (Å²) in [6.45, 7) is 1.92. The summed E-state index contributed by atoms with van der Waals surface area (Å²) < 4.78 is 18.6. The van der Waals surface area contributed by atoms with Crippen molar-refractivity contribution in [2.24, 2.45) is 0 Å². The summed E-state index contributed by atoms with van der Waals surface area (Å²) in [5.74, 6) is -1.24. The maximum atomic E-state index is 13.6. The number of hydrogen-bond donors (Lipinski definition) is 2. The van der Waals surface area contributed by atoms with E-state index in [-0.39, 0.29) is 17.1 Å². The summed E-state index contributed by atoms with van der Waals surface area (Å²) in [7, 11) is 0. The molecular weight excluding hydrogens is 291 g/mol. The third kappa shape index (κ3) is 2.57. The number of rotatable bonds is 2. The second-order valence-corrected chi connectivity index (χ2v) is 5.45. The molecule has 1 aromatic heterocycles. The van der Waals surface area contributed by atoms with E-state index in [1.54, 1.807) is 0 Å². The van der Waals surface area contributed by atoms with Crippen LogP contribution in [0.25, 0.3) is 10.1 Å². The summed E-state index contributed by atoms with van der Waals surface area (Å²) in [6, 6.07) is 9.17. The van der Waals surface area contributed by atoms with Gasteiger partial charge in [-0.05, 0) is 42.7 Å². The van der Waals surface area contributed by atoms with E-state index in [1.165, 1.54) is 17.6 Å². The van der Waals surface area contributed by atoms with Crippen molar-refractivity contribution in [2.45, 2.75) is 6.92 Å². The van der Waals surface area contributed by atoms with Gasteiger partial charge < -0.3 is 10.4 Å². The molecule has 4 nitrogen and oxygen atoms in total. The number of anilines is 1. The van der Waals surface area contributed by atoms with Crippen LogP contribution in [0, 0.1) is 12.7 Å². The number of aromatic nitrogens is 1. The van der Waals surface area contributed by atoms with Crippen LogP contribution in [0.15, 0.2) is 36.4 Å². The first-order chi connectivity index (χ1) is 10.0. The van der Waals surface area contributed by atoms with Crippen LogP contribution in [0.4, 0.5) is 10.1 Å². The Labute approximate surface area is 124 Å². The van der Waals surface area contributed by atoms with Crippen molar-refractivity contribution in [2.75, 3.05) is 5.32 Å². The van der Waals surface area contributed by atoms with Crippen LogP contribution in [0.1, 0.15) is 16.1 Å². The van der Waals surface area contributed by atoms with Gasteiger partial charge in [-0.25, -0.2) is 4.39 Å². The van der Waals surface area contributed by atoms with Crippen LogP contribution in [-0.2, 0) is 0 Å². The minimum Gasteiger partial charge on any atom is -0.508 e. The number of phenolic OH excluding ortho intramolecular Hbond substituents is 1. The molecule has 0 radical (unpaired) electrons. The average Bonchev–Trinajstić information content (AvgIpc) is 2.85. The normalized spacial score (nSPS) is 10.8. The molecule has 1 amide bonds. The predicted octanol–water partition coefficient (Wildman–Crippen LogP) is 3.70. The zero-order valence-corrected chi connectivity index (χ0v) is 11.9. The minimum absolute atomic E-state index is 0.0752. The Morgan fingerprint density at radius 2 is 2.10 bits per heavy atom. The monoisotopic (exact) mass is 302 g/mol. The Balaban J connectivity index is 1.97. The van der Waals surface area contributed by atoms with Crippen molar-refractivity contribution >= 4 is 33.2 Å². The van der Waals surface area contributed by atoms with Crippen molar-refractivity contribution in [3.8, 4) is 5.75 Å². The van der Waals surface area contributed by atoms with Crippen LogP contribution in [0.3, 0.4) is 0 Å². The molecule has 0 saturated heterocycles. The number of carbonyl (C=O) groups excluding carboxylic acids is 1. The lowest BCUT2D eigenvalue weighted by Gasteiger charge is -2.05. The number of halogens is 1. The number of aromatic hydroxyl groups is 1. The predicted molar refractivity (Wildman–Crippen MR) is 80.4 cm³/mol. The molecule has 2 aromatic carbocycles.